The van der Waals surface area contributed by atoms with E-state index in [4.69, 9.17) is 4.98 Å². The zero-order chi connectivity index (χ0) is 25.8. The fourth-order valence-corrected chi connectivity index (χ4v) is 4.54. The maximum Gasteiger partial charge on any atom is 0.318 e. The van der Waals surface area contributed by atoms with Crippen molar-refractivity contribution in [2.24, 2.45) is 0 Å². The van der Waals surface area contributed by atoms with E-state index in [0.29, 0.717) is 40.5 Å². The topological polar surface area (TPSA) is 109 Å². The molecule has 0 aliphatic rings. The number of fused-ring (bicyclic) bond motifs is 3. The Morgan fingerprint density at radius 2 is 1.76 bits per heavy atom. The molecule has 9 heteroatoms. The first-order valence-electron chi connectivity index (χ1n) is 12.4. The van der Waals surface area contributed by atoms with Gasteiger partial charge in [0, 0.05) is 29.8 Å². The third-order valence-corrected chi connectivity index (χ3v) is 6.48. The van der Waals surface area contributed by atoms with E-state index in [1.807, 2.05) is 43.4 Å². The summed E-state index contributed by atoms with van der Waals surface area (Å²) in [5, 5.41) is 21.4. The Bertz CT molecular complexity index is 1650. The maximum atomic E-state index is 12.9. The lowest BCUT2D eigenvalue weighted by Gasteiger charge is -2.18. The van der Waals surface area contributed by atoms with Gasteiger partial charge in [0.05, 0.1) is 26.6 Å². The molecule has 9 nitrogen and oxygen atoms in total. The van der Waals surface area contributed by atoms with Gasteiger partial charge < -0.3 is 20.2 Å². The Kier molecular flexibility index (Phi) is 7.04. The first-order valence-corrected chi connectivity index (χ1v) is 12.4. The van der Waals surface area contributed by atoms with Crippen LogP contribution in [0, 0.1) is 10.1 Å². The largest absolute Gasteiger partial charge is 0.804 e. The minimum Gasteiger partial charge on any atom is -0.804 e. The highest BCUT2D eigenvalue weighted by Gasteiger charge is 2.14. The van der Waals surface area contributed by atoms with E-state index in [-0.39, 0.29) is 17.2 Å². The van der Waals surface area contributed by atoms with Crippen LogP contribution in [-0.4, -0.2) is 52.3 Å². The first-order chi connectivity index (χ1) is 18.0. The molecular formula is C28H28N6O3. The molecule has 0 aliphatic heterocycles. The van der Waals surface area contributed by atoms with Gasteiger partial charge in [-0.3, -0.25) is 4.79 Å². The molecule has 1 amide bonds. The summed E-state index contributed by atoms with van der Waals surface area (Å²) >= 11 is 0. The van der Waals surface area contributed by atoms with Crippen molar-refractivity contribution < 1.29 is 9.34 Å². The highest BCUT2D eigenvalue weighted by molar-refractivity contribution is 6.07. The Labute approximate surface area is 213 Å². The molecule has 3 aromatic carbocycles. The van der Waals surface area contributed by atoms with Gasteiger partial charge in [0.25, 0.3) is 5.91 Å². The predicted octanol–water partition coefficient (Wildman–Crippen LogP) is 3.68. The van der Waals surface area contributed by atoms with Gasteiger partial charge in [-0.1, -0.05) is 42.5 Å². The molecular weight excluding hydrogens is 468 g/mol. The normalized spacial score (nSPS) is 11.5. The van der Waals surface area contributed by atoms with Crippen molar-refractivity contribution in [3.05, 3.63) is 94.3 Å². The molecule has 0 spiro atoms. The number of carbonyl (C=O) groups is 1. The second-order valence-corrected chi connectivity index (χ2v) is 9.15. The third kappa shape index (κ3) is 5.26. The van der Waals surface area contributed by atoms with E-state index in [9.17, 15) is 14.9 Å². The molecule has 0 bridgehead atoms. The number of nitrogens with one attached hydrogen (secondary N) is 1. The summed E-state index contributed by atoms with van der Waals surface area (Å²) in [6.07, 6.45) is 1.87. The Morgan fingerprint density at radius 3 is 2.65 bits per heavy atom. The third-order valence-electron chi connectivity index (χ3n) is 6.48. The van der Waals surface area contributed by atoms with Crippen LogP contribution in [0.5, 0.6) is 0 Å². The molecule has 0 fully saturated rings. The van der Waals surface area contributed by atoms with Gasteiger partial charge in [-0.15, -0.1) is 0 Å². The summed E-state index contributed by atoms with van der Waals surface area (Å²) in [5.41, 5.74) is 2.71. The van der Waals surface area contributed by atoms with E-state index < -0.39 is 0 Å². The van der Waals surface area contributed by atoms with E-state index in [1.165, 1.54) is 0 Å². The van der Waals surface area contributed by atoms with Crippen LogP contribution in [0.3, 0.4) is 0 Å². The number of aromatic nitrogens is 4. The fourth-order valence-electron chi connectivity index (χ4n) is 4.54. The molecule has 0 saturated heterocycles. The lowest BCUT2D eigenvalue weighted by molar-refractivity contribution is -0.538. The van der Waals surface area contributed by atoms with Crippen LogP contribution < -0.4 is 9.86 Å². The smallest absolute Gasteiger partial charge is 0.318 e. The molecule has 1 N–H and O–H groups in total. The average molecular weight is 497 g/mol. The van der Waals surface area contributed by atoms with Crippen LogP contribution in [0.2, 0.25) is 0 Å². The molecule has 2 heterocycles. The van der Waals surface area contributed by atoms with E-state index >= 15 is 0 Å². The quantitative estimate of drug-likeness (QED) is 0.189. The number of pyridine rings is 1. The number of amides is 1. The molecule has 0 unspecified atom stereocenters. The van der Waals surface area contributed by atoms with Gasteiger partial charge in [0.1, 0.15) is 5.52 Å². The van der Waals surface area contributed by atoms with E-state index in [0.717, 1.165) is 40.5 Å². The van der Waals surface area contributed by atoms with Crippen molar-refractivity contribution in [3.63, 3.8) is 0 Å². The summed E-state index contributed by atoms with van der Waals surface area (Å²) in [6.45, 7) is 2.06. The molecule has 5 aromatic rings. The molecule has 5 rings (SSSR count). The molecule has 37 heavy (non-hydrogen) atoms. The first kappa shape index (κ1) is 24.3. The lowest BCUT2D eigenvalue weighted by Crippen LogP contribution is -2.29. The Balaban J connectivity index is 1.11. The summed E-state index contributed by atoms with van der Waals surface area (Å²) in [7, 11) is 1.99. The number of nitrogens with zero attached hydrogens (tertiary/aromatic N) is 5. The van der Waals surface area contributed by atoms with Crippen molar-refractivity contribution in [3.8, 4) is 0 Å². The monoisotopic (exact) mass is 496 g/mol. The van der Waals surface area contributed by atoms with Gasteiger partial charge in [-0.05, 0) is 57.2 Å². The highest BCUT2D eigenvalue weighted by atomic mass is 16.5. The summed E-state index contributed by atoms with van der Waals surface area (Å²) in [4.78, 5) is 31.9. The molecule has 188 valence electrons. The SMILES string of the molecule is CN(CCCNC(=O)c1cccc2cc3ccccc3nc12)CCCc1n[n+](=O)c2ccccc2n1[O-]. The highest BCUT2D eigenvalue weighted by Crippen LogP contribution is 2.22. The van der Waals surface area contributed by atoms with E-state index in [2.05, 4.69) is 21.4 Å². The number of hydrogen-bond donors (Lipinski definition) is 1. The van der Waals surface area contributed by atoms with Gasteiger partial charge >= 0.3 is 5.52 Å². The van der Waals surface area contributed by atoms with Crippen molar-refractivity contribution in [2.75, 3.05) is 26.7 Å². The standard InChI is InChI=1S/C28H28N6O3/c1-32(17-7-15-26-31-34(37)25-14-5-4-13-24(25)33(26)36)18-8-16-29-28(35)22-11-6-10-21-19-20-9-2-3-12-23(20)30-27(21)22/h2-6,9-14,19H,7-8,15-18H2,1H3,(H,29,35). The van der Waals surface area contributed by atoms with Gasteiger partial charge in [-0.2, -0.15) is 0 Å². The molecule has 0 aliphatic carbocycles. The zero-order valence-corrected chi connectivity index (χ0v) is 20.6. The minimum absolute atomic E-state index is 0.135. The molecule has 0 saturated carbocycles. The Morgan fingerprint density at radius 1 is 1.00 bits per heavy atom. The van der Waals surface area contributed by atoms with Crippen LogP contribution in [-0.2, 0) is 6.42 Å². The Hall–Kier alpha value is -4.37. The number of para-hydroxylation sites is 4. The van der Waals surface area contributed by atoms with Crippen LogP contribution in [0.25, 0.3) is 32.8 Å². The van der Waals surface area contributed by atoms with Crippen molar-refractivity contribution in [1.82, 2.24) is 25.0 Å². The molecule has 0 radical (unpaired) electrons. The number of rotatable bonds is 9. The fraction of sp³-hybridized carbons (Fsp3) is 0.250. The van der Waals surface area contributed by atoms with Gasteiger partial charge in [-0.25, -0.2) is 4.98 Å². The van der Waals surface area contributed by atoms with Crippen molar-refractivity contribution in [2.45, 2.75) is 19.3 Å². The number of aryl methyl sites for hydroxylation is 1. The molecule has 2 aromatic heterocycles. The van der Waals surface area contributed by atoms with Crippen molar-refractivity contribution >= 4 is 38.7 Å². The van der Waals surface area contributed by atoms with Crippen molar-refractivity contribution in [1.29, 1.82) is 0 Å². The van der Waals surface area contributed by atoms with Crippen LogP contribution in [0.1, 0.15) is 29.0 Å². The lowest BCUT2D eigenvalue weighted by atomic mass is 10.1. The van der Waals surface area contributed by atoms with E-state index in [1.54, 1.807) is 30.3 Å². The number of benzene rings is 3. The summed E-state index contributed by atoms with van der Waals surface area (Å²) in [5.74, 6) is 0.0789. The van der Waals surface area contributed by atoms with Crippen LogP contribution in [0.15, 0.2) is 72.8 Å². The summed E-state index contributed by atoms with van der Waals surface area (Å²) in [6, 6.07) is 22.2. The maximum absolute atomic E-state index is 12.9. The van der Waals surface area contributed by atoms with Gasteiger partial charge in [0.2, 0.25) is 0 Å². The minimum atomic E-state index is -0.135. The van der Waals surface area contributed by atoms with Crippen LogP contribution in [0.4, 0.5) is 0 Å². The molecule has 0 atom stereocenters. The second-order valence-electron chi connectivity index (χ2n) is 9.15. The predicted molar refractivity (Wildman–Crippen MR) is 144 cm³/mol. The second kappa shape index (κ2) is 10.7. The summed E-state index contributed by atoms with van der Waals surface area (Å²) < 4.78 is 1.25. The number of carbonyl (C=O) groups excluding carboxylic acids is 1. The average Bonchev–Trinajstić information content (AvgIpc) is 2.92. The van der Waals surface area contributed by atoms with Crippen LogP contribution >= 0.6 is 0 Å². The number of hydrogen-bond acceptors (Lipinski definition) is 6. The van der Waals surface area contributed by atoms with Gasteiger partial charge in [0.15, 0.2) is 10.4 Å². The zero-order valence-electron chi connectivity index (χ0n) is 20.6.